The van der Waals surface area contributed by atoms with E-state index in [1.54, 1.807) is 12.1 Å². The van der Waals surface area contributed by atoms with Gasteiger partial charge in [0, 0.05) is 29.2 Å². The van der Waals surface area contributed by atoms with Crippen molar-refractivity contribution in [3.63, 3.8) is 0 Å². The maximum Gasteiger partial charge on any atom is 0.341 e. The maximum absolute atomic E-state index is 12.5. The van der Waals surface area contributed by atoms with E-state index in [1.165, 1.54) is 42.7 Å². The summed E-state index contributed by atoms with van der Waals surface area (Å²) in [5.74, 6) is -0.968. The van der Waals surface area contributed by atoms with Gasteiger partial charge in [0.05, 0.1) is 12.0 Å². The highest BCUT2D eigenvalue weighted by atomic mass is 32.1. The molecule has 8 heteroatoms. The first-order chi connectivity index (χ1) is 14.8. The number of anilines is 1. The van der Waals surface area contributed by atoms with E-state index in [0.717, 1.165) is 16.7 Å². The molecule has 0 spiro atoms. The Kier molecular flexibility index (Phi) is 6.61. The van der Waals surface area contributed by atoms with Crippen LogP contribution >= 0.6 is 11.3 Å². The highest BCUT2D eigenvalue weighted by molar-refractivity contribution is 7.15. The van der Waals surface area contributed by atoms with Gasteiger partial charge in [-0.25, -0.2) is 4.79 Å². The Morgan fingerprint density at radius 2 is 1.81 bits per heavy atom. The molecule has 158 valence electrons. The van der Waals surface area contributed by atoms with Crippen LogP contribution in [0.4, 0.5) is 10.7 Å². The van der Waals surface area contributed by atoms with Gasteiger partial charge in [-0.3, -0.25) is 14.9 Å². The van der Waals surface area contributed by atoms with Crippen molar-refractivity contribution in [2.75, 3.05) is 12.4 Å². The molecule has 31 heavy (non-hydrogen) atoms. The van der Waals surface area contributed by atoms with Crippen LogP contribution in [0, 0.1) is 24.0 Å². The molecule has 0 atom stereocenters. The van der Waals surface area contributed by atoms with Gasteiger partial charge in [-0.15, -0.1) is 11.3 Å². The van der Waals surface area contributed by atoms with Crippen molar-refractivity contribution in [1.82, 2.24) is 0 Å². The molecule has 3 rings (SSSR count). The summed E-state index contributed by atoms with van der Waals surface area (Å²) in [6.07, 6.45) is 2.84. The third-order valence-electron chi connectivity index (χ3n) is 4.63. The lowest BCUT2D eigenvalue weighted by Crippen LogP contribution is -2.11. The van der Waals surface area contributed by atoms with Crippen LogP contribution in [0.3, 0.4) is 0 Å². The molecule has 1 heterocycles. The number of methoxy groups -OCH3 is 1. The zero-order chi connectivity index (χ0) is 22.5. The van der Waals surface area contributed by atoms with Crippen molar-refractivity contribution in [3.05, 3.63) is 86.3 Å². The van der Waals surface area contributed by atoms with Gasteiger partial charge in [-0.1, -0.05) is 23.8 Å². The molecule has 0 radical (unpaired) electrons. The Morgan fingerprint density at radius 1 is 1.10 bits per heavy atom. The van der Waals surface area contributed by atoms with Crippen molar-refractivity contribution in [2.24, 2.45) is 0 Å². The summed E-state index contributed by atoms with van der Waals surface area (Å²) < 4.78 is 4.95. The topological polar surface area (TPSA) is 98.5 Å². The summed E-state index contributed by atoms with van der Waals surface area (Å²) in [6, 6.07) is 11.8. The second kappa shape index (κ2) is 9.36. The molecular formula is C23H20N2O5S. The highest BCUT2D eigenvalue weighted by Crippen LogP contribution is 2.38. The molecule has 0 aliphatic rings. The largest absolute Gasteiger partial charge is 0.465 e. The lowest BCUT2D eigenvalue weighted by Gasteiger charge is -2.09. The summed E-state index contributed by atoms with van der Waals surface area (Å²) in [5.41, 5.74) is 4.58. The Morgan fingerprint density at radius 3 is 2.45 bits per heavy atom. The van der Waals surface area contributed by atoms with Crippen LogP contribution in [0.25, 0.3) is 17.2 Å². The molecule has 0 aliphatic carbocycles. The first-order valence-electron chi connectivity index (χ1n) is 9.31. The minimum absolute atomic E-state index is 0.0260. The van der Waals surface area contributed by atoms with Crippen LogP contribution in [0.15, 0.2) is 53.9 Å². The number of rotatable bonds is 6. The molecule has 0 fully saturated rings. The monoisotopic (exact) mass is 436 g/mol. The summed E-state index contributed by atoms with van der Waals surface area (Å²) in [6.45, 7) is 3.93. The van der Waals surface area contributed by atoms with Crippen molar-refractivity contribution in [1.29, 1.82) is 0 Å². The molecule has 1 N–H and O–H groups in total. The minimum atomic E-state index is -0.535. The van der Waals surface area contributed by atoms with Gasteiger partial charge in [-0.05, 0) is 48.7 Å². The fourth-order valence-electron chi connectivity index (χ4n) is 3.01. The normalized spacial score (nSPS) is 10.8. The van der Waals surface area contributed by atoms with Crippen molar-refractivity contribution in [2.45, 2.75) is 13.8 Å². The number of ether oxygens (including phenoxy) is 1. The van der Waals surface area contributed by atoms with E-state index in [2.05, 4.69) is 5.32 Å². The number of aryl methyl sites for hydroxylation is 2. The smallest absolute Gasteiger partial charge is 0.341 e. The molecule has 0 unspecified atom stereocenters. The first-order valence-corrected chi connectivity index (χ1v) is 10.2. The zero-order valence-electron chi connectivity index (χ0n) is 17.2. The van der Waals surface area contributed by atoms with Crippen LogP contribution < -0.4 is 5.32 Å². The Balaban J connectivity index is 1.86. The van der Waals surface area contributed by atoms with Crippen LogP contribution in [-0.4, -0.2) is 23.9 Å². The Labute approximate surface area is 183 Å². The van der Waals surface area contributed by atoms with E-state index in [9.17, 15) is 19.7 Å². The van der Waals surface area contributed by atoms with E-state index in [4.69, 9.17) is 4.74 Å². The van der Waals surface area contributed by atoms with Crippen LogP contribution in [0.2, 0.25) is 0 Å². The van der Waals surface area contributed by atoms with E-state index in [0.29, 0.717) is 21.7 Å². The van der Waals surface area contributed by atoms with Crippen molar-refractivity contribution < 1.29 is 19.2 Å². The van der Waals surface area contributed by atoms with E-state index < -0.39 is 16.8 Å². The van der Waals surface area contributed by atoms with Gasteiger partial charge in [0.1, 0.15) is 10.6 Å². The third-order valence-corrected chi connectivity index (χ3v) is 5.53. The van der Waals surface area contributed by atoms with Gasteiger partial charge in [0.2, 0.25) is 5.91 Å². The number of thiophene rings is 1. The molecular weight excluding hydrogens is 416 g/mol. The van der Waals surface area contributed by atoms with E-state index >= 15 is 0 Å². The predicted molar refractivity (Wildman–Crippen MR) is 121 cm³/mol. The summed E-state index contributed by atoms with van der Waals surface area (Å²) in [4.78, 5) is 35.2. The summed E-state index contributed by atoms with van der Waals surface area (Å²) >= 11 is 1.24. The number of carbonyl (C=O) groups is 2. The van der Waals surface area contributed by atoms with Crippen LogP contribution in [-0.2, 0) is 9.53 Å². The third kappa shape index (κ3) is 5.04. The van der Waals surface area contributed by atoms with Gasteiger partial charge >= 0.3 is 5.97 Å². The molecule has 0 saturated carbocycles. The number of nitrogens with zero attached hydrogens (tertiary/aromatic N) is 1. The van der Waals surface area contributed by atoms with Gasteiger partial charge in [-0.2, -0.15) is 0 Å². The summed E-state index contributed by atoms with van der Waals surface area (Å²) in [5, 5.41) is 15.7. The van der Waals surface area contributed by atoms with Crippen molar-refractivity contribution in [3.8, 4) is 11.1 Å². The fraction of sp³-hybridized carbons (Fsp3) is 0.130. The SMILES string of the molecule is COC(=O)c1c(-c2cc(C)ccc2C)csc1NC(=O)/C=C/c1ccc([N+](=O)[O-])cc1. The second-order valence-electron chi connectivity index (χ2n) is 6.83. The standard InChI is InChI=1S/C23H20N2O5S/c1-14-4-5-15(2)18(12-14)19-13-31-22(21(19)23(27)30-3)24-20(26)11-8-16-6-9-17(10-7-16)25(28)29/h4-13H,1-3H3,(H,24,26)/b11-8+. The van der Waals surface area contributed by atoms with Crippen LogP contribution in [0.5, 0.6) is 0 Å². The average molecular weight is 436 g/mol. The molecule has 1 aromatic heterocycles. The van der Waals surface area contributed by atoms with Crippen LogP contribution in [0.1, 0.15) is 27.0 Å². The number of nitrogens with one attached hydrogen (secondary N) is 1. The number of nitro groups is 1. The number of amides is 1. The highest BCUT2D eigenvalue weighted by Gasteiger charge is 2.22. The van der Waals surface area contributed by atoms with Gasteiger partial charge in [0.25, 0.3) is 5.69 Å². The number of non-ortho nitro benzene ring substituents is 1. The molecule has 7 nitrogen and oxygen atoms in total. The second-order valence-corrected chi connectivity index (χ2v) is 7.71. The molecule has 1 amide bonds. The number of hydrogen-bond donors (Lipinski definition) is 1. The number of benzene rings is 2. The first kappa shape index (κ1) is 21.9. The predicted octanol–water partition coefficient (Wildman–Crippen LogP) is 5.38. The molecule has 0 aliphatic heterocycles. The Bertz CT molecular complexity index is 1180. The molecule has 0 bridgehead atoms. The number of carbonyl (C=O) groups excluding carboxylic acids is 2. The number of esters is 1. The maximum atomic E-state index is 12.5. The zero-order valence-corrected chi connectivity index (χ0v) is 18.0. The van der Waals surface area contributed by atoms with Gasteiger partial charge in [0.15, 0.2) is 0 Å². The average Bonchev–Trinajstić information content (AvgIpc) is 3.16. The molecule has 0 saturated heterocycles. The lowest BCUT2D eigenvalue weighted by atomic mass is 9.97. The molecule has 2 aromatic carbocycles. The Hall–Kier alpha value is -3.78. The quantitative estimate of drug-likeness (QED) is 0.242. The number of hydrogen-bond acceptors (Lipinski definition) is 6. The van der Waals surface area contributed by atoms with Crippen molar-refractivity contribution >= 4 is 40.0 Å². The van der Waals surface area contributed by atoms with E-state index in [-0.39, 0.29) is 5.69 Å². The van der Waals surface area contributed by atoms with Gasteiger partial charge < -0.3 is 10.1 Å². The fourth-order valence-corrected chi connectivity index (χ4v) is 3.96. The lowest BCUT2D eigenvalue weighted by molar-refractivity contribution is -0.384. The minimum Gasteiger partial charge on any atom is -0.465 e. The number of nitro benzene ring substituents is 1. The summed E-state index contributed by atoms with van der Waals surface area (Å²) in [7, 11) is 1.30. The molecule has 3 aromatic rings. The van der Waals surface area contributed by atoms with E-state index in [1.807, 2.05) is 37.4 Å².